The number of hydrogen-bond donors (Lipinski definition) is 0. The van der Waals surface area contributed by atoms with Gasteiger partial charge in [-0.2, -0.15) is 0 Å². The van der Waals surface area contributed by atoms with Crippen molar-refractivity contribution in [1.29, 1.82) is 0 Å². The third-order valence-corrected chi connectivity index (χ3v) is 5.42. The van der Waals surface area contributed by atoms with Gasteiger partial charge in [0.1, 0.15) is 0 Å². The van der Waals surface area contributed by atoms with Crippen LogP contribution < -0.4 is 0 Å². The Morgan fingerprint density at radius 3 is 2.28 bits per heavy atom. The summed E-state index contributed by atoms with van der Waals surface area (Å²) in [5.74, 6) is 0. The molecule has 5 heteroatoms. The normalized spacial score (nSPS) is 19.0. The highest BCUT2D eigenvalue weighted by Gasteiger charge is 2.50. The number of rotatable bonds is 9. The summed E-state index contributed by atoms with van der Waals surface area (Å²) in [7, 11) is -0.129. The van der Waals surface area contributed by atoms with Crippen molar-refractivity contribution < 1.29 is 14.0 Å². The number of hydrogen-bond acceptors (Lipinski definition) is 3. The maximum absolute atomic E-state index is 5.98. The summed E-state index contributed by atoms with van der Waals surface area (Å²) >= 11 is 3.44. The van der Waals surface area contributed by atoms with Gasteiger partial charge >= 0.3 is 7.12 Å². The minimum absolute atomic E-state index is 0.129. The first kappa shape index (κ1) is 20.7. The second-order valence-electron chi connectivity index (χ2n) is 7.57. The van der Waals surface area contributed by atoms with Crippen molar-refractivity contribution in [3.8, 4) is 0 Å². The van der Waals surface area contributed by atoms with E-state index in [0.717, 1.165) is 36.7 Å². The van der Waals surface area contributed by atoms with E-state index in [1.54, 1.807) is 0 Å². The van der Waals surface area contributed by atoms with Crippen molar-refractivity contribution >= 4 is 23.0 Å². The molecule has 1 aliphatic heterocycles. The highest BCUT2D eigenvalue weighted by molar-refractivity contribution is 9.10. The third kappa shape index (κ3) is 6.56. The molecule has 25 heavy (non-hydrogen) atoms. The topological polar surface area (TPSA) is 27.7 Å². The minimum atomic E-state index is -0.238. The molecule has 1 heterocycles. The summed E-state index contributed by atoms with van der Waals surface area (Å²) in [5, 5.41) is 0. The Kier molecular flexibility index (Phi) is 7.75. The molecule has 0 spiro atoms. The van der Waals surface area contributed by atoms with E-state index < -0.39 is 0 Å². The monoisotopic (exact) mass is 408 g/mol. The fraction of sp³-hybridized carbons (Fsp3) is 0.600. The van der Waals surface area contributed by atoms with Crippen molar-refractivity contribution in [2.45, 2.75) is 71.1 Å². The molecule has 0 bridgehead atoms. The molecular weight excluding hydrogens is 379 g/mol. The Morgan fingerprint density at radius 2 is 1.64 bits per heavy atom. The zero-order chi connectivity index (χ0) is 18.3. The van der Waals surface area contributed by atoms with Crippen LogP contribution in [0.25, 0.3) is 0 Å². The highest BCUT2D eigenvalue weighted by atomic mass is 79.9. The Hall–Kier alpha value is -0.615. The van der Waals surface area contributed by atoms with E-state index in [2.05, 4.69) is 67.9 Å². The van der Waals surface area contributed by atoms with Crippen molar-refractivity contribution in [1.82, 2.24) is 0 Å². The fourth-order valence-corrected chi connectivity index (χ4v) is 2.89. The largest absolute Gasteiger partial charge is 0.461 e. The van der Waals surface area contributed by atoms with Crippen molar-refractivity contribution in [2.24, 2.45) is 0 Å². The van der Waals surface area contributed by atoms with Crippen LogP contribution in [0, 0.1) is 0 Å². The summed E-state index contributed by atoms with van der Waals surface area (Å²) in [4.78, 5) is 0. The smallest absolute Gasteiger partial charge is 0.403 e. The predicted octanol–water partition coefficient (Wildman–Crippen LogP) is 5.78. The van der Waals surface area contributed by atoms with Gasteiger partial charge in [-0.25, -0.2) is 0 Å². The molecule has 1 saturated heterocycles. The lowest BCUT2D eigenvalue weighted by molar-refractivity contribution is 0.00578. The van der Waals surface area contributed by atoms with Gasteiger partial charge in [-0.05, 0) is 64.7 Å². The summed E-state index contributed by atoms with van der Waals surface area (Å²) in [6.07, 6.45) is 8.50. The van der Waals surface area contributed by atoms with Crippen LogP contribution in [0.2, 0.25) is 6.32 Å². The summed E-state index contributed by atoms with van der Waals surface area (Å²) in [6.45, 7) is 9.85. The van der Waals surface area contributed by atoms with E-state index >= 15 is 0 Å². The molecule has 1 aliphatic rings. The number of benzene rings is 1. The van der Waals surface area contributed by atoms with E-state index in [1.165, 1.54) is 5.56 Å². The Labute approximate surface area is 161 Å². The average molecular weight is 409 g/mol. The van der Waals surface area contributed by atoms with Crippen molar-refractivity contribution in [3.63, 3.8) is 0 Å². The van der Waals surface area contributed by atoms with Gasteiger partial charge < -0.3 is 14.0 Å². The molecule has 0 amide bonds. The van der Waals surface area contributed by atoms with Crippen molar-refractivity contribution in [3.05, 3.63) is 46.5 Å². The van der Waals surface area contributed by atoms with E-state index in [-0.39, 0.29) is 18.3 Å². The van der Waals surface area contributed by atoms with E-state index in [4.69, 9.17) is 14.0 Å². The van der Waals surface area contributed by atoms with Gasteiger partial charge in [0.15, 0.2) is 0 Å². The van der Waals surface area contributed by atoms with Crippen LogP contribution in [0.1, 0.15) is 52.5 Å². The van der Waals surface area contributed by atoms with Crippen LogP contribution in [0.5, 0.6) is 0 Å². The van der Waals surface area contributed by atoms with Crippen LogP contribution in [-0.4, -0.2) is 24.9 Å². The summed E-state index contributed by atoms with van der Waals surface area (Å²) < 4.78 is 18.8. The average Bonchev–Trinajstić information content (AvgIpc) is 2.74. The molecule has 0 N–H and O–H groups in total. The van der Waals surface area contributed by atoms with Gasteiger partial charge in [0.25, 0.3) is 0 Å². The lowest BCUT2D eigenvalue weighted by Crippen LogP contribution is -2.41. The second-order valence-corrected chi connectivity index (χ2v) is 8.48. The maximum Gasteiger partial charge on any atom is 0.461 e. The van der Waals surface area contributed by atoms with Crippen molar-refractivity contribution in [2.75, 3.05) is 6.61 Å². The first-order valence-corrected chi connectivity index (χ1v) is 9.92. The summed E-state index contributed by atoms with van der Waals surface area (Å²) in [6, 6.07) is 8.26. The lowest BCUT2D eigenvalue weighted by Gasteiger charge is -2.32. The molecule has 1 fully saturated rings. The lowest BCUT2D eigenvalue weighted by atomic mass is 9.85. The molecule has 0 aliphatic carbocycles. The van der Waals surface area contributed by atoms with Crippen LogP contribution in [0.4, 0.5) is 0 Å². The third-order valence-electron chi connectivity index (χ3n) is 4.89. The molecule has 2 rings (SSSR count). The molecule has 0 saturated carbocycles. The van der Waals surface area contributed by atoms with E-state index in [0.29, 0.717) is 6.61 Å². The molecule has 138 valence electrons. The Morgan fingerprint density at radius 1 is 1.00 bits per heavy atom. The zero-order valence-electron chi connectivity index (χ0n) is 15.9. The molecule has 0 radical (unpaired) electrons. The molecule has 0 atom stereocenters. The standard InChI is InChI=1S/C20H30BBrO3/c1-19(2)20(3,4)25-21(24-19)14-8-6-5-7-9-15-23-16-17-10-12-18(22)13-11-17/h6,8,10-13H,5,7,9,14-16H2,1-4H3/b8-6+. The van der Waals surface area contributed by atoms with Gasteiger partial charge in [-0.3, -0.25) is 0 Å². The van der Waals surface area contributed by atoms with E-state index in [9.17, 15) is 0 Å². The molecule has 3 nitrogen and oxygen atoms in total. The Balaban J connectivity index is 1.51. The minimum Gasteiger partial charge on any atom is -0.403 e. The number of unbranched alkanes of at least 4 members (excludes halogenated alkanes) is 2. The van der Waals surface area contributed by atoms with Gasteiger partial charge in [-0.15, -0.1) is 0 Å². The van der Waals surface area contributed by atoms with Crippen LogP contribution in [0.15, 0.2) is 40.9 Å². The first-order chi connectivity index (χ1) is 11.8. The number of halogens is 1. The maximum atomic E-state index is 5.98. The molecule has 1 aromatic carbocycles. The molecule has 1 aromatic rings. The second kappa shape index (κ2) is 9.36. The van der Waals surface area contributed by atoms with Crippen LogP contribution in [0.3, 0.4) is 0 Å². The molecule has 0 aromatic heterocycles. The fourth-order valence-electron chi connectivity index (χ4n) is 2.62. The van der Waals surface area contributed by atoms with Crippen LogP contribution >= 0.6 is 15.9 Å². The molecular formula is C20H30BBrO3. The predicted molar refractivity (Wildman–Crippen MR) is 108 cm³/mol. The number of allylic oxidation sites excluding steroid dienone is 2. The highest BCUT2D eigenvalue weighted by Crippen LogP contribution is 2.37. The van der Waals surface area contributed by atoms with Gasteiger partial charge in [0.2, 0.25) is 0 Å². The number of ether oxygens (including phenoxy) is 1. The molecule has 0 unspecified atom stereocenters. The first-order valence-electron chi connectivity index (χ1n) is 9.13. The summed E-state index contributed by atoms with van der Waals surface area (Å²) in [5.41, 5.74) is 0.737. The van der Waals surface area contributed by atoms with Gasteiger partial charge in [0, 0.05) is 17.4 Å². The van der Waals surface area contributed by atoms with Gasteiger partial charge in [-0.1, -0.05) is 40.2 Å². The SMILES string of the molecule is CC1(C)OB(C/C=C/CCCCOCc2ccc(Br)cc2)OC1(C)C. The van der Waals surface area contributed by atoms with Crippen LogP contribution in [-0.2, 0) is 20.7 Å². The van der Waals surface area contributed by atoms with Gasteiger partial charge in [0.05, 0.1) is 17.8 Å². The zero-order valence-corrected chi connectivity index (χ0v) is 17.5. The quantitative estimate of drug-likeness (QED) is 0.294. The Bertz CT molecular complexity index is 539. The van der Waals surface area contributed by atoms with E-state index in [1.807, 2.05) is 12.1 Å².